The molecular formula is C11H15F3N2O2. The number of hydrogen-bond donors (Lipinski definition) is 1. The molecule has 1 saturated carbocycles. The van der Waals surface area contributed by atoms with Crippen molar-refractivity contribution >= 4 is 5.71 Å². The van der Waals surface area contributed by atoms with Crippen LogP contribution in [0.3, 0.4) is 0 Å². The summed E-state index contributed by atoms with van der Waals surface area (Å²) >= 11 is 0. The Morgan fingerprint density at radius 2 is 1.94 bits per heavy atom. The third-order valence-corrected chi connectivity index (χ3v) is 3.25. The van der Waals surface area contributed by atoms with Crippen LogP contribution < -0.4 is 5.73 Å². The number of nitrogens with two attached hydrogens (primary N) is 1. The molecule has 0 aromatic rings. The summed E-state index contributed by atoms with van der Waals surface area (Å²) in [5.41, 5.74) is 4.49. The Kier molecular flexibility index (Phi) is 3.37. The number of nitrogens with zero attached hydrogens (tertiary/aromatic N) is 1. The van der Waals surface area contributed by atoms with Gasteiger partial charge in [0.15, 0.2) is 5.79 Å². The molecule has 1 spiro atoms. The van der Waals surface area contributed by atoms with Gasteiger partial charge in [0.1, 0.15) is 5.70 Å². The van der Waals surface area contributed by atoms with E-state index in [0.29, 0.717) is 31.8 Å². The smallest absolute Gasteiger partial charge is 0.394 e. The first-order valence-corrected chi connectivity index (χ1v) is 5.68. The number of allylic oxidation sites excluding steroid dienone is 1. The van der Waals surface area contributed by atoms with Gasteiger partial charge >= 0.3 is 6.18 Å². The highest BCUT2D eigenvalue weighted by atomic mass is 19.4. The van der Waals surface area contributed by atoms with Gasteiger partial charge in [-0.25, -0.2) is 0 Å². The molecule has 2 aliphatic rings. The number of alkyl halides is 3. The summed E-state index contributed by atoms with van der Waals surface area (Å²) in [4.78, 5) is 3.89. The molecule has 0 radical (unpaired) electrons. The number of rotatable bonds is 0. The zero-order valence-electron chi connectivity index (χ0n) is 10.0. The second-order valence-electron chi connectivity index (χ2n) is 4.34. The van der Waals surface area contributed by atoms with Crippen molar-refractivity contribution < 1.29 is 22.6 Å². The topological polar surface area (TPSA) is 56.8 Å². The lowest BCUT2D eigenvalue weighted by atomic mass is 9.86. The first-order chi connectivity index (χ1) is 8.38. The highest BCUT2D eigenvalue weighted by molar-refractivity contribution is 6.01. The van der Waals surface area contributed by atoms with Crippen LogP contribution >= 0.6 is 0 Å². The van der Waals surface area contributed by atoms with Crippen LogP contribution in [0.5, 0.6) is 0 Å². The Morgan fingerprint density at radius 1 is 1.33 bits per heavy atom. The molecule has 1 saturated heterocycles. The number of hydrogen-bond acceptors (Lipinski definition) is 4. The minimum Gasteiger partial charge on any atom is -0.394 e. The van der Waals surface area contributed by atoms with Gasteiger partial charge in [0.05, 0.1) is 13.2 Å². The standard InChI is InChI=1S/C11H15F3N2O2/c1-16-8-2-3-10(17-4-5-18-10)6-7(8)9(15)11(12,13)14/h2-6,15H2,1H3. The van der Waals surface area contributed by atoms with Gasteiger partial charge in [-0.1, -0.05) is 0 Å². The Labute approximate surface area is 103 Å². The number of aliphatic imine (C=N–C) groups is 1. The maximum absolute atomic E-state index is 12.7. The van der Waals surface area contributed by atoms with Crippen LogP contribution in [0.1, 0.15) is 19.3 Å². The quantitative estimate of drug-likeness (QED) is 0.725. The second kappa shape index (κ2) is 4.55. The van der Waals surface area contributed by atoms with Gasteiger partial charge in [-0.15, -0.1) is 0 Å². The van der Waals surface area contributed by atoms with E-state index in [1.807, 2.05) is 0 Å². The van der Waals surface area contributed by atoms with E-state index >= 15 is 0 Å². The van der Waals surface area contributed by atoms with Crippen molar-refractivity contribution in [2.24, 2.45) is 10.7 Å². The van der Waals surface area contributed by atoms with Crippen molar-refractivity contribution in [3.63, 3.8) is 0 Å². The van der Waals surface area contributed by atoms with Crippen LogP contribution in [0, 0.1) is 0 Å². The van der Waals surface area contributed by atoms with Crippen LogP contribution in [0.25, 0.3) is 0 Å². The van der Waals surface area contributed by atoms with E-state index in [9.17, 15) is 13.2 Å². The van der Waals surface area contributed by atoms with Crippen LogP contribution in [-0.2, 0) is 9.47 Å². The fraction of sp³-hybridized carbons (Fsp3) is 0.727. The second-order valence-corrected chi connectivity index (χ2v) is 4.34. The van der Waals surface area contributed by atoms with Gasteiger partial charge in [-0.2, -0.15) is 13.2 Å². The molecule has 4 nitrogen and oxygen atoms in total. The molecule has 0 aromatic carbocycles. The molecule has 102 valence electrons. The van der Waals surface area contributed by atoms with Gasteiger partial charge in [0, 0.05) is 31.2 Å². The number of halogens is 3. The Hall–Kier alpha value is -1.08. The Balaban J connectivity index is 2.35. The molecule has 0 unspecified atom stereocenters. The van der Waals surface area contributed by atoms with Crippen molar-refractivity contribution in [3.05, 3.63) is 11.3 Å². The molecule has 7 heteroatoms. The third-order valence-electron chi connectivity index (χ3n) is 3.25. The van der Waals surface area contributed by atoms with Crippen molar-refractivity contribution in [3.8, 4) is 0 Å². The lowest BCUT2D eigenvalue weighted by Gasteiger charge is -2.34. The van der Waals surface area contributed by atoms with Gasteiger partial charge in [0.25, 0.3) is 0 Å². The fourth-order valence-corrected chi connectivity index (χ4v) is 2.33. The summed E-state index contributed by atoms with van der Waals surface area (Å²) < 4.78 is 49.0. The van der Waals surface area contributed by atoms with Gasteiger partial charge in [-0.3, -0.25) is 4.99 Å². The van der Waals surface area contributed by atoms with Gasteiger partial charge in [-0.05, 0) is 6.42 Å². The van der Waals surface area contributed by atoms with E-state index in [1.165, 1.54) is 7.05 Å². The summed E-state index contributed by atoms with van der Waals surface area (Å²) in [6, 6.07) is 0. The molecule has 1 aliphatic heterocycles. The van der Waals surface area contributed by atoms with E-state index in [-0.39, 0.29) is 12.0 Å². The summed E-state index contributed by atoms with van der Waals surface area (Å²) in [6.07, 6.45) is -3.66. The highest BCUT2D eigenvalue weighted by Gasteiger charge is 2.45. The summed E-state index contributed by atoms with van der Waals surface area (Å²) in [6.45, 7) is 0.801. The van der Waals surface area contributed by atoms with Gasteiger partial charge in [0.2, 0.25) is 0 Å². The molecule has 0 bridgehead atoms. The average Bonchev–Trinajstić information content (AvgIpc) is 2.75. The molecule has 1 aliphatic carbocycles. The van der Waals surface area contributed by atoms with Crippen molar-refractivity contribution in [2.75, 3.05) is 20.3 Å². The summed E-state index contributed by atoms with van der Waals surface area (Å²) in [5.74, 6) is -0.945. The predicted octanol–water partition coefficient (Wildman–Crippen LogP) is 1.76. The highest BCUT2D eigenvalue weighted by Crippen LogP contribution is 2.40. The molecule has 1 heterocycles. The van der Waals surface area contributed by atoms with Gasteiger partial charge < -0.3 is 15.2 Å². The van der Waals surface area contributed by atoms with E-state index in [1.54, 1.807) is 0 Å². The van der Waals surface area contributed by atoms with E-state index in [0.717, 1.165) is 0 Å². The van der Waals surface area contributed by atoms with Crippen LogP contribution in [0.4, 0.5) is 13.2 Å². The van der Waals surface area contributed by atoms with Crippen molar-refractivity contribution in [1.29, 1.82) is 0 Å². The lowest BCUT2D eigenvalue weighted by molar-refractivity contribution is -0.162. The molecule has 0 atom stereocenters. The van der Waals surface area contributed by atoms with Crippen molar-refractivity contribution in [1.82, 2.24) is 0 Å². The first-order valence-electron chi connectivity index (χ1n) is 5.68. The fourth-order valence-electron chi connectivity index (χ4n) is 2.33. The van der Waals surface area contributed by atoms with E-state index in [2.05, 4.69) is 4.99 Å². The van der Waals surface area contributed by atoms with Crippen LogP contribution in [0.2, 0.25) is 0 Å². The predicted molar refractivity (Wildman–Crippen MR) is 59.1 cm³/mol. The van der Waals surface area contributed by atoms with E-state index in [4.69, 9.17) is 15.2 Å². The molecule has 2 N–H and O–H groups in total. The molecule has 18 heavy (non-hydrogen) atoms. The minimum atomic E-state index is -4.55. The zero-order chi connectivity index (χ0) is 13.4. The Morgan fingerprint density at radius 3 is 2.44 bits per heavy atom. The average molecular weight is 264 g/mol. The van der Waals surface area contributed by atoms with Crippen molar-refractivity contribution in [2.45, 2.75) is 31.2 Å². The zero-order valence-corrected chi connectivity index (χ0v) is 10.0. The number of ether oxygens (including phenoxy) is 2. The maximum atomic E-state index is 12.7. The Bertz CT molecular complexity index is 396. The first kappa shape index (κ1) is 13.4. The summed E-state index contributed by atoms with van der Waals surface area (Å²) in [7, 11) is 1.47. The molecular weight excluding hydrogens is 249 g/mol. The summed E-state index contributed by atoms with van der Waals surface area (Å²) in [5, 5.41) is 0. The third kappa shape index (κ3) is 2.37. The minimum absolute atomic E-state index is 0.00171. The SMILES string of the molecule is CN=C1CCC2(CC1=C(N)C(F)(F)F)OCCO2. The maximum Gasteiger partial charge on any atom is 0.431 e. The molecule has 2 fully saturated rings. The normalized spacial score (nSPS) is 29.0. The van der Waals surface area contributed by atoms with Crippen LogP contribution in [-0.4, -0.2) is 37.9 Å². The van der Waals surface area contributed by atoms with E-state index < -0.39 is 17.7 Å². The van der Waals surface area contributed by atoms with Crippen LogP contribution in [0.15, 0.2) is 16.3 Å². The molecule has 0 amide bonds. The molecule has 2 rings (SSSR count). The largest absolute Gasteiger partial charge is 0.431 e. The molecule has 0 aromatic heterocycles. The lowest BCUT2D eigenvalue weighted by Crippen LogP contribution is -2.39. The monoisotopic (exact) mass is 264 g/mol.